The lowest BCUT2D eigenvalue weighted by atomic mass is 10.2. The maximum absolute atomic E-state index is 12.2. The third-order valence-corrected chi connectivity index (χ3v) is 4.84. The Labute approximate surface area is 157 Å². The van der Waals surface area contributed by atoms with Crippen molar-refractivity contribution in [2.45, 2.75) is 0 Å². The van der Waals surface area contributed by atoms with Crippen LogP contribution in [0.15, 0.2) is 66.0 Å². The van der Waals surface area contributed by atoms with Crippen LogP contribution in [0.1, 0.15) is 20.0 Å². The van der Waals surface area contributed by atoms with Crippen molar-refractivity contribution in [1.29, 1.82) is 0 Å². The Hall–Kier alpha value is -2.19. The minimum atomic E-state index is -0.165. The van der Waals surface area contributed by atoms with Gasteiger partial charge in [-0.05, 0) is 82.6 Å². The van der Waals surface area contributed by atoms with Crippen molar-refractivity contribution >= 4 is 57.1 Å². The van der Waals surface area contributed by atoms with E-state index in [4.69, 9.17) is 0 Å². The number of amides is 2. The molecule has 2 aromatic carbocycles. The number of carbonyl (C=O) groups excluding carboxylic acids is 2. The predicted molar refractivity (Wildman–Crippen MR) is 106 cm³/mol. The third-order valence-electron chi connectivity index (χ3n) is 3.25. The molecule has 1 heterocycles. The molecular weight excluding hydrogens is 435 g/mol. The van der Waals surface area contributed by atoms with Crippen molar-refractivity contribution in [3.63, 3.8) is 0 Å². The Balaban J connectivity index is 1.63. The minimum absolute atomic E-state index is 0.138. The summed E-state index contributed by atoms with van der Waals surface area (Å²) in [4.78, 5) is 24.8. The van der Waals surface area contributed by atoms with Gasteiger partial charge in [0.25, 0.3) is 11.8 Å². The molecule has 0 unspecified atom stereocenters. The van der Waals surface area contributed by atoms with Crippen molar-refractivity contribution < 1.29 is 9.59 Å². The first kappa shape index (κ1) is 16.7. The van der Waals surface area contributed by atoms with Crippen LogP contribution in [0.4, 0.5) is 11.4 Å². The largest absolute Gasteiger partial charge is 0.322 e. The van der Waals surface area contributed by atoms with Gasteiger partial charge < -0.3 is 10.6 Å². The topological polar surface area (TPSA) is 58.2 Å². The van der Waals surface area contributed by atoms with Crippen LogP contribution in [0, 0.1) is 3.57 Å². The van der Waals surface area contributed by atoms with Gasteiger partial charge in [-0.25, -0.2) is 0 Å². The van der Waals surface area contributed by atoms with Crippen LogP contribution >= 0.6 is 33.9 Å². The summed E-state index contributed by atoms with van der Waals surface area (Å²) in [6.07, 6.45) is 0. The van der Waals surface area contributed by atoms with Crippen LogP contribution in [-0.4, -0.2) is 11.8 Å². The molecule has 1 aromatic heterocycles. The molecule has 3 rings (SSSR count). The molecule has 6 heteroatoms. The second kappa shape index (κ2) is 7.59. The highest BCUT2D eigenvalue weighted by Gasteiger charge is 2.08. The quantitative estimate of drug-likeness (QED) is 0.561. The van der Waals surface area contributed by atoms with Gasteiger partial charge in [-0.1, -0.05) is 6.07 Å². The summed E-state index contributed by atoms with van der Waals surface area (Å²) in [5.74, 6) is -0.303. The van der Waals surface area contributed by atoms with Crippen molar-refractivity contribution in [3.05, 3.63) is 80.1 Å². The van der Waals surface area contributed by atoms with Crippen LogP contribution < -0.4 is 10.6 Å². The first-order chi connectivity index (χ1) is 11.6. The Morgan fingerprint density at radius 3 is 1.92 bits per heavy atom. The van der Waals surface area contributed by atoms with E-state index in [1.807, 2.05) is 23.6 Å². The lowest BCUT2D eigenvalue weighted by molar-refractivity contribution is 0.102. The number of anilines is 2. The van der Waals surface area contributed by atoms with Gasteiger partial charge in [-0.2, -0.15) is 0 Å². The van der Waals surface area contributed by atoms with E-state index in [1.165, 1.54) is 11.3 Å². The van der Waals surface area contributed by atoms with E-state index in [0.717, 1.165) is 3.57 Å². The molecule has 2 N–H and O–H groups in total. The van der Waals surface area contributed by atoms with Crippen LogP contribution in [0.25, 0.3) is 0 Å². The van der Waals surface area contributed by atoms with Crippen molar-refractivity contribution in [2.24, 2.45) is 0 Å². The number of benzene rings is 2. The first-order valence-electron chi connectivity index (χ1n) is 7.14. The van der Waals surface area contributed by atoms with Crippen LogP contribution in [0.3, 0.4) is 0 Å². The summed E-state index contributed by atoms with van der Waals surface area (Å²) in [5.41, 5.74) is 1.96. The van der Waals surface area contributed by atoms with Crippen LogP contribution in [0.2, 0.25) is 0 Å². The summed E-state index contributed by atoms with van der Waals surface area (Å²) in [6, 6.07) is 18.0. The maximum atomic E-state index is 12.2. The zero-order valence-electron chi connectivity index (χ0n) is 12.5. The van der Waals surface area contributed by atoms with Gasteiger partial charge in [-0.3, -0.25) is 9.59 Å². The van der Waals surface area contributed by atoms with Gasteiger partial charge in [0.2, 0.25) is 0 Å². The molecule has 0 bridgehead atoms. The first-order valence-corrected chi connectivity index (χ1v) is 9.09. The zero-order valence-corrected chi connectivity index (χ0v) is 15.4. The normalized spacial score (nSPS) is 10.2. The highest BCUT2D eigenvalue weighted by atomic mass is 127. The highest BCUT2D eigenvalue weighted by Crippen LogP contribution is 2.17. The van der Waals surface area contributed by atoms with Crippen molar-refractivity contribution in [3.8, 4) is 0 Å². The fraction of sp³-hybridized carbons (Fsp3) is 0. The van der Waals surface area contributed by atoms with E-state index in [-0.39, 0.29) is 11.8 Å². The Bertz CT molecular complexity index is 844. The predicted octanol–water partition coefficient (Wildman–Crippen LogP) is 4.86. The number of halogens is 1. The molecule has 0 fully saturated rings. The van der Waals surface area contributed by atoms with E-state index in [0.29, 0.717) is 21.8 Å². The zero-order chi connectivity index (χ0) is 16.9. The lowest BCUT2D eigenvalue weighted by Gasteiger charge is -2.07. The summed E-state index contributed by atoms with van der Waals surface area (Å²) >= 11 is 3.59. The third kappa shape index (κ3) is 4.21. The SMILES string of the molecule is O=C(Nc1ccc(NC(=O)c2cccs2)cc1)c1ccc(I)cc1. The molecule has 120 valence electrons. The monoisotopic (exact) mass is 448 g/mol. The molecule has 24 heavy (non-hydrogen) atoms. The molecular formula is C18H13IN2O2S. The van der Waals surface area contributed by atoms with Gasteiger partial charge in [0.1, 0.15) is 0 Å². The van der Waals surface area contributed by atoms with E-state index < -0.39 is 0 Å². The van der Waals surface area contributed by atoms with Crippen molar-refractivity contribution in [2.75, 3.05) is 10.6 Å². The van der Waals surface area contributed by atoms with Gasteiger partial charge in [0.05, 0.1) is 4.88 Å². The molecule has 0 saturated carbocycles. The average molecular weight is 448 g/mol. The molecule has 4 nitrogen and oxygen atoms in total. The lowest BCUT2D eigenvalue weighted by Crippen LogP contribution is -2.12. The number of rotatable bonds is 4. The van der Waals surface area contributed by atoms with E-state index in [2.05, 4.69) is 33.2 Å². The second-order valence-electron chi connectivity index (χ2n) is 4.97. The summed E-state index contributed by atoms with van der Waals surface area (Å²) in [5, 5.41) is 7.51. The summed E-state index contributed by atoms with van der Waals surface area (Å²) in [7, 11) is 0. The van der Waals surface area contributed by atoms with Crippen molar-refractivity contribution in [1.82, 2.24) is 0 Å². The van der Waals surface area contributed by atoms with E-state index >= 15 is 0 Å². The summed E-state index contributed by atoms with van der Waals surface area (Å²) in [6.45, 7) is 0. The molecule has 0 aliphatic heterocycles. The number of hydrogen-bond acceptors (Lipinski definition) is 3. The number of carbonyl (C=O) groups is 2. The number of thiophene rings is 1. The second-order valence-corrected chi connectivity index (χ2v) is 7.16. The van der Waals surface area contributed by atoms with Gasteiger partial charge in [0, 0.05) is 20.5 Å². The number of nitrogens with one attached hydrogen (secondary N) is 2. The minimum Gasteiger partial charge on any atom is -0.322 e. The fourth-order valence-electron chi connectivity index (χ4n) is 2.04. The summed E-state index contributed by atoms with van der Waals surface area (Å²) < 4.78 is 1.08. The Kier molecular flexibility index (Phi) is 5.27. The molecule has 0 aliphatic carbocycles. The van der Waals surface area contributed by atoms with Crippen LogP contribution in [0.5, 0.6) is 0 Å². The molecule has 0 aliphatic rings. The van der Waals surface area contributed by atoms with Gasteiger partial charge >= 0.3 is 0 Å². The molecule has 0 radical (unpaired) electrons. The molecule has 0 atom stereocenters. The smallest absolute Gasteiger partial charge is 0.265 e. The fourth-order valence-corrected chi connectivity index (χ4v) is 3.02. The highest BCUT2D eigenvalue weighted by molar-refractivity contribution is 14.1. The molecule has 3 aromatic rings. The molecule has 0 saturated heterocycles. The Morgan fingerprint density at radius 2 is 1.38 bits per heavy atom. The maximum Gasteiger partial charge on any atom is 0.265 e. The standard InChI is InChI=1S/C18H13IN2O2S/c19-13-5-3-12(4-6-13)17(22)20-14-7-9-15(10-8-14)21-18(23)16-2-1-11-24-16/h1-11H,(H,20,22)(H,21,23). The number of hydrogen-bond donors (Lipinski definition) is 2. The van der Waals surface area contributed by atoms with Gasteiger partial charge in [-0.15, -0.1) is 11.3 Å². The van der Waals surface area contributed by atoms with E-state index in [1.54, 1.807) is 42.5 Å². The van der Waals surface area contributed by atoms with Gasteiger partial charge in [0.15, 0.2) is 0 Å². The Morgan fingerprint density at radius 1 is 0.792 bits per heavy atom. The molecule has 0 spiro atoms. The average Bonchev–Trinajstić information content (AvgIpc) is 3.12. The molecule has 2 amide bonds. The van der Waals surface area contributed by atoms with E-state index in [9.17, 15) is 9.59 Å². The van der Waals surface area contributed by atoms with Crippen LogP contribution in [-0.2, 0) is 0 Å².